The van der Waals surface area contributed by atoms with Crippen molar-refractivity contribution in [3.05, 3.63) is 33.1 Å². The Labute approximate surface area is 321 Å². The van der Waals surface area contributed by atoms with Crippen LogP contribution in [0.25, 0.3) is 0 Å². The molecule has 3 N–H and O–H groups in total. The highest BCUT2D eigenvalue weighted by atomic mass is 32.5. The molecular weight excluding hydrogens is 730 g/mol. The Balaban J connectivity index is 1.76. The first-order valence-corrected chi connectivity index (χ1v) is 19.0. The maximum Gasteiger partial charge on any atom is 0.330 e. The molecule has 2 heterocycles. The predicted molar refractivity (Wildman–Crippen MR) is 211 cm³/mol. The van der Waals surface area contributed by atoms with E-state index in [4.69, 9.17) is 42.5 Å². The molecule has 2 rings (SSSR count). The SMILES string of the molecule is CC#CC#CC#CC#CC#CC#CC#CC#CC#CC#CC(=S)NCCCCCCC[C@H]1C(OP(O)(=S)OC)[C@@H](COC)O[C@H]1n1ccc(=O)[nH]c1=O. The standard InChI is InChI=1S/C40H34N3O7PS2/c1-4-5-6-7-8-9-10-11-12-13-14-15-16-17-18-19-20-23-26-29-37(52)41-31-27-24-21-22-25-28-34-38(50-51(46,53)48-3)35(33-47-2)49-39(34)43-32-30-36(44)42-40(43)45/h30,32,34-35,38-39H,21-22,24-25,27-28,31,33H2,1-3H3,(H,41,52)(H,46,53)(H,42,44,45)/t34-,35+,38?,39+,51?/m0/s1. The Hall–Kier alpha value is -5.38. The van der Waals surface area contributed by atoms with Crippen molar-refractivity contribution in [2.24, 2.45) is 5.92 Å². The lowest BCUT2D eigenvalue weighted by molar-refractivity contribution is -0.0550. The summed E-state index contributed by atoms with van der Waals surface area (Å²) >= 11 is 10.4. The lowest BCUT2D eigenvalue weighted by Crippen LogP contribution is -2.35. The molecule has 1 saturated heterocycles. The van der Waals surface area contributed by atoms with Crippen LogP contribution in [-0.4, -0.2) is 59.0 Å². The molecule has 1 aliphatic rings. The molecule has 53 heavy (non-hydrogen) atoms. The summed E-state index contributed by atoms with van der Waals surface area (Å²) in [5.41, 5.74) is -1.13. The van der Waals surface area contributed by atoms with E-state index in [1.54, 1.807) is 6.92 Å². The fourth-order valence-electron chi connectivity index (χ4n) is 4.58. The van der Waals surface area contributed by atoms with Crippen molar-refractivity contribution in [3.8, 4) is 118 Å². The Morgan fingerprint density at radius 1 is 0.868 bits per heavy atom. The second kappa shape index (κ2) is 26.4. The van der Waals surface area contributed by atoms with Crippen LogP contribution in [0.15, 0.2) is 21.9 Å². The molecule has 0 radical (unpaired) electrons. The van der Waals surface area contributed by atoms with Crippen LogP contribution in [0.3, 0.4) is 0 Å². The van der Waals surface area contributed by atoms with Gasteiger partial charge >= 0.3 is 12.4 Å². The van der Waals surface area contributed by atoms with E-state index >= 15 is 0 Å². The summed E-state index contributed by atoms with van der Waals surface area (Å²) in [5.74, 6) is 50.8. The summed E-state index contributed by atoms with van der Waals surface area (Å²) in [7, 11) is 2.78. The molecule has 13 heteroatoms. The molecule has 10 nitrogen and oxygen atoms in total. The van der Waals surface area contributed by atoms with Crippen molar-refractivity contribution in [3.63, 3.8) is 0 Å². The fraction of sp³-hybridized carbons (Fsp3) is 0.375. The van der Waals surface area contributed by atoms with Crippen molar-refractivity contribution >= 4 is 35.7 Å². The van der Waals surface area contributed by atoms with E-state index in [2.05, 4.69) is 129 Å². The van der Waals surface area contributed by atoms with Gasteiger partial charge in [0.1, 0.15) is 18.4 Å². The lowest BCUT2D eigenvalue weighted by Gasteiger charge is -2.27. The van der Waals surface area contributed by atoms with Gasteiger partial charge in [-0.2, -0.15) is 0 Å². The van der Waals surface area contributed by atoms with Gasteiger partial charge in [0.25, 0.3) is 5.56 Å². The average molecular weight is 764 g/mol. The van der Waals surface area contributed by atoms with Gasteiger partial charge in [0.2, 0.25) is 0 Å². The highest BCUT2D eigenvalue weighted by molar-refractivity contribution is 8.07. The number of aromatic nitrogens is 2. The van der Waals surface area contributed by atoms with Crippen LogP contribution < -0.4 is 16.6 Å². The monoisotopic (exact) mass is 763 g/mol. The van der Waals surface area contributed by atoms with Gasteiger partial charge in [-0.25, -0.2) is 4.79 Å². The molecular formula is C40H34N3O7PS2. The number of aromatic amines is 1. The maximum atomic E-state index is 12.6. The quantitative estimate of drug-likeness (QED) is 0.113. The second-order valence-corrected chi connectivity index (χ2v) is 13.7. The molecule has 0 spiro atoms. The number of unbranched alkanes of at least 4 members (excludes halogenated alkanes) is 4. The summed E-state index contributed by atoms with van der Waals surface area (Å²) < 4.78 is 23.7. The summed E-state index contributed by atoms with van der Waals surface area (Å²) in [6.07, 6.45) is 4.34. The van der Waals surface area contributed by atoms with Gasteiger partial charge in [0, 0.05) is 50.8 Å². The minimum absolute atomic E-state index is 0.140. The zero-order chi connectivity index (χ0) is 38.6. The Kier molecular flexibility index (Phi) is 21.8. The summed E-state index contributed by atoms with van der Waals surface area (Å²) in [5, 5.41) is 3.10. The van der Waals surface area contributed by atoms with E-state index in [0.29, 0.717) is 18.0 Å². The van der Waals surface area contributed by atoms with Crippen LogP contribution in [0.2, 0.25) is 0 Å². The second-order valence-electron chi connectivity index (χ2n) is 10.4. The first kappa shape index (κ1) is 43.8. The number of hydrogen-bond donors (Lipinski definition) is 3. The van der Waals surface area contributed by atoms with Crippen molar-refractivity contribution in [1.29, 1.82) is 0 Å². The normalized spacial score (nSPS) is 16.8. The van der Waals surface area contributed by atoms with E-state index in [-0.39, 0.29) is 12.5 Å². The fourth-order valence-corrected chi connectivity index (χ4v) is 5.71. The largest absolute Gasteiger partial charge is 0.382 e. The van der Waals surface area contributed by atoms with Gasteiger partial charge in [-0.05, 0) is 132 Å². The highest BCUT2D eigenvalue weighted by Gasteiger charge is 2.48. The molecule has 0 aromatic carbocycles. The number of nitrogens with one attached hydrogen (secondary N) is 2. The van der Waals surface area contributed by atoms with Crippen LogP contribution in [0.1, 0.15) is 51.7 Å². The first-order valence-electron chi connectivity index (χ1n) is 16.0. The predicted octanol–water partition coefficient (Wildman–Crippen LogP) is 2.26. The van der Waals surface area contributed by atoms with E-state index in [0.717, 1.165) is 32.1 Å². The summed E-state index contributed by atoms with van der Waals surface area (Å²) in [4.78, 5) is 37.4. The van der Waals surface area contributed by atoms with Crippen LogP contribution >= 0.6 is 18.9 Å². The van der Waals surface area contributed by atoms with E-state index in [9.17, 15) is 14.5 Å². The van der Waals surface area contributed by atoms with Gasteiger partial charge < -0.3 is 28.7 Å². The smallest absolute Gasteiger partial charge is 0.330 e. The average Bonchev–Trinajstić information content (AvgIpc) is 3.45. The molecule has 0 saturated carbocycles. The number of H-pyrrole nitrogens is 1. The molecule has 1 aromatic heterocycles. The molecule has 1 fully saturated rings. The van der Waals surface area contributed by atoms with Crippen molar-refractivity contribution in [2.75, 3.05) is 27.4 Å². The molecule has 0 aliphatic carbocycles. The molecule has 268 valence electrons. The van der Waals surface area contributed by atoms with Gasteiger partial charge in [0.15, 0.2) is 4.99 Å². The molecule has 1 aliphatic heterocycles. The van der Waals surface area contributed by atoms with Gasteiger partial charge in [-0.3, -0.25) is 14.3 Å². The topological polar surface area (TPSA) is 124 Å². The number of thiocarbonyl (C=S) groups is 1. The minimum Gasteiger partial charge on any atom is -0.382 e. The van der Waals surface area contributed by atoms with E-state index in [1.165, 1.54) is 31.0 Å². The van der Waals surface area contributed by atoms with Crippen LogP contribution in [0.4, 0.5) is 0 Å². The molecule has 1 aromatic rings. The summed E-state index contributed by atoms with van der Waals surface area (Å²) in [6, 6.07) is 1.25. The molecule has 2 unspecified atom stereocenters. The van der Waals surface area contributed by atoms with Crippen LogP contribution in [0, 0.1) is 124 Å². The molecule has 0 bridgehead atoms. The zero-order valence-electron chi connectivity index (χ0n) is 29.2. The Morgan fingerprint density at radius 2 is 1.40 bits per heavy atom. The molecule has 5 atom stereocenters. The molecule has 0 amide bonds. The van der Waals surface area contributed by atoms with E-state index < -0.39 is 36.4 Å². The third-order valence-corrected chi connectivity index (χ3v) is 8.70. The van der Waals surface area contributed by atoms with E-state index in [1.807, 2.05) is 0 Å². The van der Waals surface area contributed by atoms with Gasteiger partial charge in [-0.15, -0.1) is 0 Å². The van der Waals surface area contributed by atoms with Crippen molar-refractivity contribution in [2.45, 2.75) is 63.9 Å². The summed E-state index contributed by atoms with van der Waals surface area (Å²) in [6.45, 7) is -1.07. The number of hydrogen-bond acceptors (Lipinski definition) is 8. The Bertz CT molecular complexity index is 2290. The minimum atomic E-state index is -3.56. The maximum absolute atomic E-state index is 12.6. The van der Waals surface area contributed by atoms with Crippen LogP contribution in [0.5, 0.6) is 0 Å². The zero-order valence-corrected chi connectivity index (χ0v) is 31.8. The number of nitrogens with zero attached hydrogens (tertiary/aromatic N) is 1. The van der Waals surface area contributed by atoms with Crippen molar-refractivity contribution in [1.82, 2.24) is 14.9 Å². The highest BCUT2D eigenvalue weighted by Crippen LogP contribution is 2.50. The lowest BCUT2D eigenvalue weighted by atomic mass is 9.93. The third-order valence-electron chi connectivity index (χ3n) is 6.77. The number of ether oxygens (including phenoxy) is 2. The Morgan fingerprint density at radius 3 is 1.92 bits per heavy atom. The number of rotatable bonds is 14. The van der Waals surface area contributed by atoms with Gasteiger partial charge in [-0.1, -0.05) is 43.8 Å². The van der Waals surface area contributed by atoms with Gasteiger partial charge in [0.05, 0.1) is 6.61 Å². The number of methoxy groups -OCH3 is 1. The first-order chi connectivity index (χ1) is 25.7. The van der Waals surface area contributed by atoms with Crippen LogP contribution in [-0.2, 0) is 30.3 Å². The third kappa shape index (κ3) is 18.6. The van der Waals surface area contributed by atoms with Crippen molar-refractivity contribution < 1.29 is 23.4 Å².